The van der Waals surface area contributed by atoms with Crippen LogP contribution >= 0.6 is 23.2 Å². The fraction of sp³-hybridized carbons (Fsp3) is 0.217. The summed E-state index contributed by atoms with van der Waals surface area (Å²) < 4.78 is 14.1. The van der Waals surface area contributed by atoms with Crippen LogP contribution < -0.4 is 10.6 Å². The fourth-order valence-corrected chi connectivity index (χ4v) is 4.62. The number of nitrogen functional groups attached to an aromatic ring is 1. The third-order valence-electron chi connectivity index (χ3n) is 5.90. The predicted octanol–water partition coefficient (Wildman–Crippen LogP) is 5.07. The summed E-state index contributed by atoms with van der Waals surface area (Å²) in [7, 11) is 2.13. The highest BCUT2D eigenvalue weighted by Gasteiger charge is 2.19. The Morgan fingerprint density at radius 3 is 2.53 bits per heavy atom. The van der Waals surface area contributed by atoms with Crippen LogP contribution in [0.15, 0.2) is 42.7 Å². The van der Waals surface area contributed by atoms with Gasteiger partial charge in [0.25, 0.3) is 0 Å². The largest absolute Gasteiger partial charge is 0.382 e. The molecule has 0 aliphatic carbocycles. The molecule has 6 nitrogen and oxygen atoms in total. The SMILES string of the molecule is CN1CCN(c2ccc(-c3cnc(N)c4[nH]c(-c5c(Cl)ccc(F)c5Cl)cc34)cn2)CC1. The molecule has 5 rings (SSSR count). The van der Waals surface area contributed by atoms with E-state index in [-0.39, 0.29) is 5.02 Å². The van der Waals surface area contributed by atoms with Crippen molar-refractivity contribution in [3.05, 3.63) is 58.6 Å². The number of hydrogen-bond acceptors (Lipinski definition) is 5. The average Bonchev–Trinajstić information content (AvgIpc) is 3.23. The smallest absolute Gasteiger partial charge is 0.147 e. The maximum atomic E-state index is 14.1. The van der Waals surface area contributed by atoms with Crippen LogP contribution in [0.1, 0.15) is 0 Å². The zero-order valence-corrected chi connectivity index (χ0v) is 18.9. The van der Waals surface area contributed by atoms with Crippen molar-refractivity contribution in [1.82, 2.24) is 19.9 Å². The number of anilines is 2. The first kappa shape index (κ1) is 21.0. The number of aromatic amines is 1. The van der Waals surface area contributed by atoms with E-state index in [0.29, 0.717) is 27.6 Å². The molecular weight excluding hydrogens is 450 g/mol. The number of rotatable bonds is 3. The van der Waals surface area contributed by atoms with E-state index in [1.807, 2.05) is 24.4 Å². The molecule has 0 unspecified atom stereocenters. The molecular formula is C23H21Cl2FN6. The van der Waals surface area contributed by atoms with E-state index in [1.165, 1.54) is 12.1 Å². The lowest BCUT2D eigenvalue weighted by atomic mass is 10.0. The number of aromatic nitrogens is 3. The molecule has 0 spiro atoms. The van der Waals surface area contributed by atoms with Gasteiger partial charge in [-0.05, 0) is 37.4 Å². The quantitative estimate of drug-likeness (QED) is 0.408. The van der Waals surface area contributed by atoms with E-state index in [4.69, 9.17) is 28.9 Å². The van der Waals surface area contributed by atoms with Gasteiger partial charge >= 0.3 is 0 Å². The second-order valence-corrected chi connectivity index (χ2v) is 8.73. The van der Waals surface area contributed by atoms with Crippen LogP contribution in [-0.4, -0.2) is 53.1 Å². The topological polar surface area (TPSA) is 74.1 Å². The van der Waals surface area contributed by atoms with E-state index in [0.717, 1.165) is 48.5 Å². The lowest BCUT2D eigenvalue weighted by Gasteiger charge is -2.33. The maximum Gasteiger partial charge on any atom is 0.147 e. The Hall–Kier alpha value is -2.87. The number of nitrogens with zero attached hydrogens (tertiary/aromatic N) is 4. The summed E-state index contributed by atoms with van der Waals surface area (Å²) in [4.78, 5) is 16.8. The molecule has 32 heavy (non-hydrogen) atoms. The van der Waals surface area contributed by atoms with Gasteiger partial charge in [-0.2, -0.15) is 0 Å². The summed E-state index contributed by atoms with van der Waals surface area (Å²) in [6, 6.07) is 8.64. The molecule has 1 fully saturated rings. The molecule has 4 heterocycles. The number of pyridine rings is 2. The molecule has 0 atom stereocenters. The zero-order valence-electron chi connectivity index (χ0n) is 17.4. The molecule has 3 N–H and O–H groups in total. The molecule has 0 saturated carbocycles. The third-order valence-corrected chi connectivity index (χ3v) is 6.58. The second kappa shape index (κ2) is 8.24. The molecule has 0 amide bonds. The minimum Gasteiger partial charge on any atom is -0.382 e. The Labute approximate surface area is 194 Å². The highest BCUT2D eigenvalue weighted by atomic mass is 35.5. The lowest BCUT2D eigenvalue weighted by molar-refractivity contribution is 0.312. The molecule has 1 aromatic carbocycles. The molecule has 1 aliphatic rings. The third kappa shape index (κ3) is 3.66. The fourth-order valence-electron chi connectivity index (χ4n) is 4.04. The van der Waals surface area contributed by atoms with Crippen LogP contribution in [-0.2, 0) is 0 Å². The molecule has 1 saturated heterocycles. The van der Waals surface area contributed by atoms with Gasteiger partial charge in [0.2, 0.25) is 0 Å². The van der Waals surface area contributed by atoms with E-state index < -0.39 is 5.82 Å². The number of nitrogens with two attached hydrogens (primary N) is 1. The molecule has 4 aromatic rings. The number of fused-ring (bicyclic) bond motifs is 1. The van der Waals surface area contributed by atoms with Gasteiger partial charge in [0.1, 0.15) is 17.5 Å². The normalized spacial score (nSPS) is 14.9. The second-order valence-electron chi connectivity index (χ2n) is 7.94. The summed E-state index contributed by atoms with van der Waals surface area (Å²) in [5.74, 6) is 0.745. The monoisotopic (exact) mass is 470 g/mol. The Balaban J connectivity index is 1.56. The molecule has 164 valence electrons. The van der Waals surface area contributed by atoms with E-state index in [1.54, 1.807) is 6.20 Å². The number of H-pyrrole nitrogens is 1. The van der Waals surface area contributed by atoms with Crippen LogP contribution in [0.3, 0.4) is 0 Å². The average molecular weight is 471 g/mol. The summed E-state index contributed by atoms with van der Waals surface area (Å²) in [6.07, 6.45) is 3.56. The van der Waals surface area contributed by atoms with Gasteiger partial charge in [-0.1, -0.05) is 23.2 Å². The number of piperazine rings is 1. The van der Waals surface area contributed by atoms with Crippen molar-refractivity contribution in [1.29, 1.82) is 0 Å². The number of halogens is 3. The van der Waals surface area contributed by atoms with Crippen molar-refractivity contribution in [2.45, 2.75) is 0 Å². The van der Waals surface area contributed by atoms with Crippen LogP contribution in [0.2, 0.25) is 10.0 Å². The van der Waals surface area contributed by atoms with Crippen molar-refractivity contribution in [3.8, 4) is 22.4 Å². The van der Waals surface area contributed by atoms with Crippen molar-refractivity contribution in [2.24, 2.45) is 0 Å². The van der Waals surface area contributed by atoms with Gasteiger partial charge in [-0.15, -0.1) is 0 Å². The first-order valence-corrected chi connectivity index (χ1v) is 11.0. The lowest BCUT2D eigenvalue weighted by Crippen LogP contribution is -2.44. The highest BCUT2D eigenvalue weighted by molar-refractivity contribution is 6.39. The minimum absolute atomic E-state index is 0.0460. The number of nitrogens with one attached hydrogen (secondary N) is 1. The summed E-state index contributed by atoms with van der Waals surface area (Å²) >= 11 is 12.5. The number of benzene rings is 1. The van der Waals surface area contributed by atoms with Gasteiger partial charge in [-0.3, -0.25) is 0 Å². The first-order valence-electron chi connectivity index (χ1n) is 10.2. The summed E-state index contributed by atoms with van der Waals surface area (Å²) in [5, 5.41) is 1.13. The Morgan fingerprint density at radius 2 is 1.81 bits per heavy atom. The molecule has 9 heteroatoms. The number of hydrogen-bond donors (Lipinski definition) is 2. The number of likely N-dealkylation sites (N-methyl/N-ethyl adjacent to an activating group) is 1. The van der Waals surface area contributed by atoms with Crippen LogP contribution in [0, 0.1) is 5.82 Å². The van der Waals surface area contributed by atoms with E-state index in [9.17, 15) is 4.39 Å². The standard InChI is InChI=1S/C23H21Cl2FN6/c1-31-6-8-32(9-7-31)19-5-2-13(11-28-19)15-12-29-23(27)22-14(15)10-18(30-22)20-16(24)3-4-17(26)21(20)25/h2-5,10-12,30H,6-9H2,1H3,(H2,27,29). The molecule has 3 aromatic heterocycles. The van der Waals surface area contributed by atoms with Crippen LogP contribution in [0.4, 0.5) is 16.0 Å². The van der Waals surface area contributed by atoms with Crippen molar-refractivity contribution >= 4 is 45.7 Å². The molecule has 0 radical (unpaired) electrons. The highest BCUT2D eigenvalue weighted by Crippen LogP contribution is 2.40. The van der Waals surface area contributed by atoms with Gasteiger partial charge in [-0.25, -0.2) is 14.4 Å². The van der Waals surface area contributed by atoms with Crippen molar-refractivity contribution in [3.63, 3.8) is 0 Å². The van der Waals surface area contributed by atoms with Gasteiger partial charge in [0, 0.05) is 66.3 Å². The predicted molar refractivity (Wildman–Crippen MR) is 129 cm³/mol. The molecule has 1 aliphatic heterocycles. The summed E-state index contributed by atoms with van der Waals surface area (Å²) in [5.41, 5.74) is 9.48. The molecule has 0 bridgehead atoms. The first-order chi connectivity index (χ1) is 15.4. The van der Waals surface area contributed by atoms with Gasteiger partial charge in [0.05, 0.1) is 15.6 Å². The van der Waals surface area contributed by atoms with E-state index >= 15 is 0 Å². The van der Waals surface area contributed by atoms with E-state index in [2.05, 4.69) is 31.8 Å². The zero-order chi connectivity index (χ0) is 22.4. The van der Waals surface area contributed by atoms with Crippen LogP contribution in [0.5, 0.6) is 0 Å². The van der Waals surface area contributed by atoms with Gasteiger partial charge < -0.3 is 20.5 Å². The Kier molecular flexibility index (Phi) is 5.41. The van der Waals surface area contributed by atoms with Gasteiger partial charge in [0.15, 0.2) is 0 Å². The van der Waals surface area contributed by atoms with Crippen molar-refractivity contribution < 1.29 is 4.39 Å². The Morgan fingerprint density at radius 1 is 1.03 bits per heavy atom. The van der Waals surface area contributed by atoms with Crippen LogP contribution in [0.25, 0.3) is 33.3 Å². The minimum atomic E-state index is -0.542. The maximum absolute atomic E-state index is 14.1. The summed E-state index contributed by atoms with van der Waals surface area (Å²) in [6.45, 7) is 3.94. The Bertz CT molecular complexity index is 1300. The van der Waals surface area contributed by atoms with Crippen molar-refractivity contribution in [2.75, 3.05) is 43.9 Å².